The summed E-state index contributed by atoms with van der Waals surface area (Å²) in [5, 5.41) is 2.98. The first-order valence-electron chi connectivity index (χ1n) is 9.13. The van der Waals surface area contributed by atoms with Crippen LogP contribution in [0.15, 0.2) is 24.3 Å². The van der Waals surface area contributed by atoms with E-state index in [1.54, 1.807) is 26.0 Å². The molecule has 0 spiro atoms. The van der Waals surface area contributed by atoms with Crippen LogP contribution >= 0.6 is 0 Å². The number of unbranched alkanes of at least 4 members (excludes halogenated alkanes) is 1. The molecule has 0 aliphatic heterocycles. The molecule has 25 heavy (non-hydrogen) atoms. The van der Waals surface area contributed by atoms with E-state index in [1.165, 1.54) is 0 Å². The molecule has 1 atom stereocenters. The van der Waals surface area contributed by atoms with Crippen molar-refractivity contribution >= 4 is 15.9 Å². The molecule has 1 amide bonds. The number of benzene rings is 1. The van der Waals surface area contributed by atoms with E-state index in [9.17, 15) is 13.2 Å². The van der Waals surface area contributed by atoms with E-state index in [4.69, 9.17) is 0 Å². The van der Waals surface area contributed by atoms with Crippen molar-refractivity contribution in [2.45, 2.75) is 71.7 Å². The number of amides is 1. The van der Waals surface area contributed by atoms with Gasteiger partial charge in [0.05, 0.1) is 5.75 Å². The van der Waals surface area contributed by atoms with Crippen molar-refractivity contribution in [3.8, 4) is 0 Å². The minimum absolute atomic E-state index is 0.0350. The fourth-order valence-corrected chi connectivity index (χ4v) is 4.11. The number of carbonyl (C=O) groups is 1. The zero-order valence-electron chi connectivity index (χ0n) is 15.8. The third-order valence-corrected chi connectivity index (χ3v) is 5.58. The Hall–Kier alpha value is -1.40. The first-order chi connectivity index (χ1) is 11.8. The minimum Gasteiger partial charge on any atom is -0.352 e. The Morgan fingerprint density at radius 1 is 1.08 bits per heavy atom. The molecule has 0 aromatic heterocycles. The van der Waals surface area contributed by atoms with Gasteiger partial charge in [0.25, 0.3) is 0 Å². The molecular weight excluding hydrogens is 336 g/mol. The van der Waals surface area contributed by atoms with Crippen LogP contribution in [0.5, 0.6) is 0 Å². The van der Waals surface area contributed by atoms with Crippen LogP contribution in [0.1, 0.15) is 64.5 Å². The average Bonchev–Trinajstić information content (AvgIpc) is 2.53. The normalized spacial score (nSPS) is 13.0. The number of hydrogen-bond acceptors (Lipinski definition) is 3. The number of sulfonamides is 1. The van der Waals surface area contributed by atoms with E-state index in [-0.39, 0.29) is 23.6 Å². The van der Waals surface area contributed by atoms with Gasteiger partial charge >= 0.3 is 0 Å². The second-order valence-electron chi connectivity index (χ2n) is 6.81. The second-order valence-corrected chi connectivity index (χ2v) is 8.57. The molecule has 0 radical (unpaired) electrons. The van der Waals surface area contributed by atoms with Gasteiger partial charge in [0.2, 0.25) is 15.9 Å². The highest BCUT2D eigenvalue weighted by Crippen LogP contribution is 2.13. The molecule has 0 aliphatic rings. The zero-order chi connectivity index (χ0) is 18.9. The third-order valence-electron chi connectivity index (χ3n) is 4.03. The summed E-state index contributed by atoms with van der Waals surface area (Å²) in [5.41, 5.74) is 1.70. The summed E-state index contributed by atoms with van der Waals surface area (Å²) in [6.45, 7) is 8.24. The summed E-state index contributed by atoms with van der Waals surface area (Å²) in [6, 6.07) is 7.23. The molecule has 1 aromatic rings. The highest BCUT2D eigenvalue weighted by molar-refractivity contribution is 7.88. The fraction of sp³-hybridized carbons (Fsp3) is 0.632. The summed E-state index contributed by atoms with van der Waals surface area (Å²) < 4.78 is 26.4. The molecule has 0 saturated heterocycles. The Morgan fingerprint density at radius 3 is 2.20 bits per heavy atom. The molecule has 5 nitrogen and oxygen atoms in total. The lowest BCUT2D eigenvalue weighted by Crippen LogP contribution is -2.31. The summed E-state index contributed by atoms with van der Waals surface area (Å²) >= 11 is 0. The van der Waals surface area contributed by atoms with Gasteiger partial charge in [-0.15, -0.1) is 0 Å². The molecule has 0 fully saturated rings. The van der Waals surface area contributed by atoms with E-state index in [2.05, 4.69) is 17.0 Å². The predicted molar refractivity (Wildman–Crippen MR) is 102 cm³/mol. The highest BCUT2D eigenvalue weighted by atomic mass is 32.2. The van der Waals surface area contributed by atoms with Gasteiger partial charge in [0.1, 0.15) is 0 Å². The molecule has 0 aliphatic carbocycles. The maximum absolute atomic E-state index is 12.2. The number of carbonyl (C=O) groups excluding carboxylic acids is 1. The molecule has 2 N–H and O–H groups in total. The maximum Gasteiger partial charge on any atom is 0.223 e. The molecule has 142 valence electrons. The van der Waals surface area contributed by atoms with E-state index >= 15 is 0 Å². The van der Waals surface area contributed by atoms with Gasteiger partial charge in [-0.05, 0) is 37.8 Å². The van der Waals surface area contributed by atoms with Crippen LogP contribution in [0.2, 0.25) is 0 Å². The largest absolute Gasteiger partial charge is 0.352 e. The Morgan fingerprint density at radius 2 is 1.68 bits per heavy atom. The van der Waals surface area contributed by atoms with Gasteiger partial charge in [-0.3, -0.25) is 4.79 Å². The van der Waals surface area contributed by atoms with Crippen LogP contribution in [0.3, 0.4) is 0 Å². The highest BCUT2D eigenvalue weighted by Gasteiger charge is 2.15. The van der Waals surface area contributed by atoms with Crippen LogP contribution in [0.4, 0.5) is 0 Å². The van der Waals surface area contributed by atoms with Gasteiger partial charge in [-0.25, -0.2) is 13.1 Å². The SMILES string of the molecule is CCCCC(CC)C(=O)NCc1ccc(CS(=O)(=O)NC(C)C)cc1. The maximum atomic E-state index is 12.2. The van der Waals surface area contributed by atoms with Crippen LogP contribution < -0.4 is 10.0 Å². The number of nitrogens with one attached hydrogen (secondary N) is 2. The molecule has 0 heterocycles. The Balaban J connectivity index is 2.55. The lowest BCUT2D eigenvalue weighted by Gasteiger charge is -2.15. The summed E-state index contributed by atoms with van der Waals surface area (Å²) in [6.07, 6.45) is 3.95. The molecule has 0 saturated carbocycles. The van der Waals surface area contributed by atoms with Crippen molar-refractivity contribution in [1.82, 2.24) is 10.0 Å². The van der Waals surface area contributed by atoms with E-state index < -0.39 is 10.0 Å². The van der Waals surface area contributed by atoms with E-state index in [1.807, 2.05) is 19.1 Å². The molecule has 1 rings (SSSR count). The summed E-state index contributed by atoms with van der Waals surface area (Å²) in [4.78, 5) is 12.2. The first-order valence-corrected chi connectivity index (χ1v) is 10.8. The molecule has 1 aromatic carbocycles. The van der Waals surface area contributed by atoms with Crippen molar-refractivity contribution < 1.29 is 13.2 Å². The summed E-state index contributed by atoms with van der Waals surface area (Å²) in [7, 11) is -3.32. The van der Waals surface area contributed by atoms with Gasteiger partial charge in [0.15, 0.2) is 0 Å². The first kappa shape index (κ1) is 21.6. The number of hydrogen-bond donors (Lipinski definition) is 2. The van der Waals surface area contributed by atoms with Gasteiger partial charge in [-0.1, -0.05) is 51.0 Å². The lowest BCUT2D eigenvalue weighted by atomic mass is 9.98. The molecular formula is C19H32N2O3S. The third kappa shape index (κ3) is 8.50. The minimum atomic E-state index is -3.32. The quantitative estimate of drug-likeness (QED) is 0.629. The van der Waals surface area contributed by atoms with Crippen molar-refractivity contribution in [2.75, 3.05) is 0 Å². The molecule has 0 bridgehead atoms. The Bertz CT molecular complexity index is 625. The standard InChI is InChI=1S/C19H32N2O3S/c1-5-7-8-18(6-2)19(22)20-13-16-9-11-17(12-10-16)14-25(23,24)21-15(3)4/h9-12,15,18,21H,5-8,13-14H2,1-4H3,(H,20,22). The van der Waals surface area contributed by atoms with Crippen molar-refractivity contribution in [1.29, 1.82) is 0 Å². The summed E-state index contributed by atoms with van der Waals surface area (Å²) in [5.74, 6) is 0.141. The van der Waals surface area contributed by atoms with Crippen molar-refractivity contribution in [2.24, 2.45) is 5.92 Å². The monoisotopic (exact) mass is 368 g/mol. The van der Waals surface area contributed by atoms with E-state index in [0.29, 0.717) is 6.54 Å². The van der Waals surface area contributed by atoms with Crippen LogP contribution in [0.25, 0.3) is 0 Å². The number of rotatable bonds is 11. The topological polar surface area (TPSA) is 75.3 Å². The smallest absolute Gasteiger partial charge is 0.223 e. The van der Waals surface area contributed by atoms with Gasteiger partial charge in [-0.2, -0.15) is 0 Å². The second kappa shape index (κ2) is 10.6. The predicted octanol–water partition coefficient (Wildman–Crippen LogP) is 3.35. The van der Waals surface area contributed by atoms with Crippen molar-refractivity contribution in [3.63, 3.8) is 0 Å². The lowest BCUT2D eigenvalue weighted by molar-refractivity contribution is -0.125. The zero-order valence-corrected chi connectivity index (χ0v) is 16.7. The van der Waals surface area contributed by atoms with Gasteiger partial charge < -0.3 is 5.32 Å². The Labute approximate surface area is 152 Å². The Kier molecular flexibility index (Phi) is 9.14. The fourth-order valence-electron chi connectivity index (χ4n) is 2.68. The molecule has 1 unspecified atom stereocenters. The van der Waals surface area contributed by atoms with Crippen LogP contribution in [-0.2, 0) is 27.1 Å². The van der Waals surface area contributed by atoms with Crippen LogP contribution in [-0.4, -0.2) is 20.4 Å². The van der Waals surface area contributed by atoms with Crippen LogP contribution in [0, 0.1) is 5.92 Å². The van der Waals surface area contributed by atoms with Gasteiger partial charge in [0, 0.05) is 18.5 Å². The van der Waals surface area contributed by atoms with E-state index in [0.717, 1.165) is 36.8 Å². The average molecular weight is 369 g/mol. The molecule has 6 heteroatoms. The van der Waals surface area contributed by atoms with Crippen molar-refractivity contribution in [3.05, 3.63) is 35.4 Å².